The van der Waals surface area contributed by atoms with Gasteiger partial charge in [0.1, 0.15) is 0 Å². The fraction of sp³-hybridized carbons (Fsp3) is 0.312. The van der Waals surface area contributed by atoms with Crippen LogP contribution in [0.4, 0.5) is 0 Å². The van der Waals surface area contributed by atoms with Gasteiger partial charge in [-0.15, -0.1) is 0 Å². The molecular formula is C48H50Cl2Zr. The van der Waals surface area contributed by atoms with Gasteiger partial charge in [0.25, 0.3) is 0 Å². The number of hydrogen-bond acceptors (Lipinski definition) is 0. The number of allylic oxidation sites excluding steroid dienone is 8. The van der Waals surface area contributed by atoms with Crippen molar-refractivity contribution in [2.45, 2.75) is 83.7 Å². The summed E-state index contributed by atoms with van der Waals surface area (Å²) < 4.78 is 3.79. The Morgan fingerprint density at radius 1 is 0.627 bits per heavy atom. The summed E-state index contributed by atoms with van der Waals surface area (Å²) in [4.78, 5) is 0. The van der Waals surface area contributed by atoms with Crippen LogP contribution in [0.1, 0.15) is 117 Å². The average Bonchev–Trinajstić information content (AvgIpc) is 3.69. The molecule has 0 radical (unpaired) electrons. The van der Waals surface area contributed by atoms with Crippen LogP contribution in [0.5, 0.6) is 0 Å². The Morgan fingerprint density at radius 2 is 1.06 bits per heavy atom. The molecule has 0 heterocycles. The Labute approximate surface area is 326 Å². The van der Waals surface area contributed by atoms with E-state index in [0.717, 1.165) is 0 Å². The van der Waals surface area contributed by atoms with Crippen molar-refractivity contribution in [1.29, 1.82) is 0 Å². The van der Waals surface area contributed by atoms with Gasteiger partial charge in [0.05, 0.1) is 0 Å². The minimum Gasteiger partial charge on any atom is -1.00 e. The molecule has 4 aliphatic carbocycles. The second kappa shape index (κ2) is 13.5. The first-order valence-electron chi connectivity index (χ1n) is 18.3. The average molecular weight is 789 g/mol. The molecule has 4 aliphatic rings. The van der Waals surface area contributed by atoms with Crippen molar-refractivity contribution in [1.82, 2.24) is 0 Å². The van der Waals surface area contributed by atoms with Gasteiger partial charge >= 0.3 is 304 Å². The molecule has 260 valence electrons. The molecule has 51 heavy (non-hydrogen) atoms. The topological polar surface area (TPSA) is 0 Å². The van der Waals surface area contributed by atoms with E-state index in [0.29, 0.717) is 15.5 Å². The minimum absolute atomic E-state index is 0. The number of benzene rings is 4. The molecule has 0 aliphatic heterocycles. The van der Waals surface area contributed by atoms with E-state index in [1.807, 2.05) is 0 Å². The van der Waals surface area contributed by atoms with Crippen LogP contribution in [-0.4, -0.2) is 3.21 Å². The molecule has 0 spiro atoms. The molecule has 0 bridgehead atoms. The minimum atomic E-state index is -2.95. The molecule has 8 rings (SSSR count). The molecule has 0 nitrogen and oxygen atoms in total. The predicted molar refractivity (Wildman–Crippen MR) is 208 cm³/mol. The van der Waals surface area contributed by atoms with Crippen LogP contribution >= 0.6 is 0 Å². The monoisotopic (exact) mass is 786 g/mol. The van der Waals surface area contributed by atoms with Gasteiger partial charge in [0.15, 0.2) is 0 Å². The number of halogens is 2. The zero-order valence-corrected chi connectivity index (χ0v) is 35.8. The summed E-state index contributed by atoms with van der Waals surface area (Å²) in [6, 6.07) is 33.5. The van der Waals surface area contributed by atoms with E-state index in [-0.39, 0.29) is 35.6 Å². The maximum atomic E-state index is 2.68. The fourth-order valence-corrected chi connectivity index (χ4v) is 19.9. The van der Waals surface area contributed by atoms with Crippen molar-refractivity contribution in [3.8, 4) is 11.1 Å². The molecular weight excluding hydrogens is 739 g/mol. The van der Waals surface area contributed by atoms with Gasteiger partial charge < -0.3 is 24.8 Å². The van der Waals surface area contributed by atoms with E-state index in [9.17, 15) is 0 Å². The first kappa shape index (κ1) is 37.9. The van der Waals surface area contributed by atoms with Crippen molar-refractivity contribution >= 4 is 14.4 Å². The van der Waals surface area contributed by atoms with Crippen LogP contribution < -0.4 is 24.8 Å². The van der Waals surface area contributed by atoms with E-state index >= 15 is 0 Å². The number of rotatable bonds is 5. The third-order valence-corrected chi connectivity index (χ3v) is 21.2. The zero-order valence-electron chi connectivity index (χ0n) is 31.8. The van der Waals surface area contributed by atoms with Gasteiger partial charge in [-0.05, 0) is 0 Å². The van der Waals surface area contributed by atoms with Gasteiger partial charge in [-0.1, -0.05) is 0 Å². The van der Waals surface area contributed by atoms with E-state index in [1.165, 1.54) is 55.7 Å². The van der Waals surface area contributed by atoms with Gasteiger partial charge in [0.2, 0.25) is 0 Å². The van der Waals surface area contributed by atoms with Crippen LogP contribution in [0, 0.1) is 11.8 Å². The van der Waals surface area contributed by atoms with Crippen LogP contribution in [0.15, 0.2) is 118 Å². The van der Waals surface area contributed by atoms with Gasteiger partial charge in [-0.3, -0.25) is 0 Å². The predicted octanol–water partition coefficient (Wildman–Crippen LogP) is 6.55. The standard InChI is InChI=1S/C25H25.C13H10.C10H15.2ClH.Zr/c1-14-12-24(3,4)22-8-16-7-17-9-23-19(15(2)13-25(23,5)6)11-21(17)20(16)10-18(14)22;1-3-7-12(8-4-1)11-13-9-5-2-6-10-13;1-7(2)10-6-8(3)5-9(10)4;;;/h7-13H,1-6H3;1-10H;6-8H,1-4H3;2*1H;/q;;;;;+2/p-2. The second-order valence-electron chi connectivity index (χ2n) is 16.6. The Bertz CT molecular complexity index is 2090. The summed E-state index contributed by atoms with van der Waals surface area (Å²) in [7, 11) is 0. The summed E-state index contributed by atoms with van der Waals surface area (Å²) >= 11 is -2.95. The third kappa shape index (κ3) is 5.95. The molecule has 0 amide bonds. The SMILES string of the molecule is CC1=CC(C)(C)c2cc3c(cc21)-c1cc2c(cc1[CH]3[Zr+2]([C]1=C(C)C(C(C)C)=CC1C)=[C](c1ccccc1)c1ccccc1)C(C)(C)C=C2C.[Cl-].[Cl-]. The summed E-state index contributed by atoms with van der Waals surface area (Å²) in [5.74, 6) is 0.951. The summed E-state index contributed by atoms with van der Waals surface area (Å²) in [5.41, 5.74) is 20.8. The molecule has 0 fully saturated rings. The van der Waals surface area contributed by atoms with Crippen LogP contribution in [0.2, 0.25) is 0 Å². The van der Waals surface area contributed by atoms with Crippen molar-refractivity contribution in [3.05, 3.63) is 162 Å². The third-order valence-electron chi connectivity index (χ3n) is 12.0. The van der Waals surface area contributed by atoms with Crippen molar-refractivity contribution < 1.29 is 46.1 Å². The normalized spacial score (nSPS) is 18.8. The Kier molecular flexibility index (Phi) is 10.1. The first-order chi connectivity index (χ1) is 23.3. The summed E-state index contributed by atoms with van der Waals surface area (Å²) in [6.45, 7) is 24.0. The molecule has 1 atom stereocenters. The molecule has 0 saturated heterocycles. The molecule has 4 aromatic carbocycles. The summed E-state index contributed by atoms with van der Waals surface area (Å²) in [6.07, 6.45) is 7.62. The zero-order chi connectivity index (χ0) is 34.6. The van der Waals surface area contributed by atoms with E-state index < -0.39 is 21.3 Å². The van der Waals surface area contributed by atoms with Crippen LogP contribution in [0.3, 0.4) is 0 Å². The molecule has 0 aromatic heterocycles. The van der Waals surface area contributed by atoms with E-state index in [1.54, 1.807) is 28.8 Å². The maximum absolute atomic E-state index is 2.95. The van der Waals surface area contributed by atoms with Crippen molar-refractivity contribution in [3.63, 3.8) is 0 Å². The molecule has 4 aromatic rings. The van der Waals surface area contributed by atoms with E-state index in [2.05, 4.69) is 172 Å². The van der Waals surface area contributed by atoms with Gasteiger partial charge in [-0.2, -0.15) is 0 Å². The van der Waals surface area contributed by atoms with Gasteiger partial charge in [-0.25, -0.2) is 0 Å². The Hall–Kier alpha value is -2.83. The molecule has 0 N–H and O–H groups in total. The summed E-state index contributed by atoms with van der Waals surface area (Å²) in [5, 5.41) is 0. The molecule has 0 saturated carbocycles. The maximum Gasteiger partial charge on any atom is -1.00 e. The van der Waals surface area contributed by atoms with Gasteiger partial charge in [0, 0.05) is 0 Å². The molecule has 1 unspecified atom stereocenters. The Morgan fingerprint density at radius 3 is 1.45 bits per heavy atom. The molecule has 3 heteroatoms. The van der Waals surface area contributed by atoms with E-state index in [4.69, 9.17) is 0 Å². The first-order valence-corrected chi connectivity index (χ1v) is 22.2. The van der Waals surface area contributed by atoms with Crippen LogP contribution in [0.25, 0.3) is 22.3 Å². The van der Waals surface area contributed by atoms with Crippen LogP contribution in [-0.2, 0) is 32.1 Å². The largest absolute Gasteiger partial charge is 1.00 e. The van der Waals surface area contributed by atoms with Crippen molar-refractivity contribution in [2.24, 2.45) is 11.8 Å². The number of hydrogen-bond donors (Lipinski definition) is 0. The smallest absolute Gasteiger partial charge is 1.00 e. The quantitative estimate of drug-likeness (QED) is 0.216. The van der Waals surface area contributed by atoms with Crippen molar-refractivity contribution in [2.75, 3.05) is 0 Å². The fourth-order valence-electron chi connectivity index (χ4n) is 9.94. The Balaban J connectivity index is 0.00000224. The second-order valence-corrected chi connectivity index (χ2v) is 22.6. The number of fused-ring (bicyclic) bond motifs is 5.